The van der Waals surface area contributed by atoms with Gasteiger partial charge in [0.1, 0.15) is 0 Å². The van der Waals surface area contributed by atoms with Gasteiger partial charge < -0.3 is 10.1 Å². The zero-order valence-electron chi connectivity index (χ0n) is 12.4. The van der Waals surface area contributed by atoms with Crippen LogP contribution >= 0.6 is 0 Å². The molecule has 20 heavy (non-hydrogen) atoms. The quantitative estimate of drug-likeness (QED) is 0.614. The van der Waals surface area contributed by atoms with E-state index in [0.717, 1.165) is 45.2 Å². The highest BCUT2D eigenvalue weighted by Gasteiger charge is 2.41. The molecule has 1 aliphatic heterocycles. The summed E-state index contributed by atoms with van der Waals surface area (Å²) in [5.74, 6) is -0.00240. The number of benzene rings is 1. The van der Waals surface area contributed by atoms with Gasteiger partial charge in [-0.05, 0) is 37.8 Å². The highest BCUT2D eigenvalue weighted by molar-refractivity contribution is 5.77. The minimum atomic E-state index is -0.262. The van der Waals surface area contributed by atoms with Crippen LogP contribution in [0.5, 0.6) is 0 Å². The van der Waals surface area contributed by atoms with Gasteiger partial charge in [0.05, 0.1) is 12.0 Å². The molecule has 0 radical (unpaired) electrons. The first-order valence-corrected chi connectivity index (χ1v) is 7.69. The first kappa shape index (κ1) is 15.0. The number of carbonyl (C=O) groups excluding carboxylic acids is 1. The Hall–Kier alpha value is -1.35. The highest BCUT2D eigenvalue weighted by Crippen LogP contribution is 2.32. The Morgan fingerprint density at radius 3 is 2.80 bits per heavy atom. The summed E-state index contributed by atoms with van der Waals surface area (Å²) in [6.45, 7) is 4.36. The Labute approximate surface area is 121 Å². The Morgan fingerprint density at radius 2 is 2.15 bits per heavy atom. The SMILES string of the molecule is CCCC1(C(=O)OCCCc2ccccc2)CCNC1. The van der Waals surface area contributed by atoms with Crippen LogP contribution in [0.3, 0.4) is 0 Å². The average Bonchev–Trinajstić information content (AvgIpc) is 2.95. The molecule has 0 amide bonds. The molecule has 0 aliphatic carbocycles. The van der Waals surface area contributed by atoms with E-state index in [2.05, 4.69) is 24.4 Å². The first-order chi connectivity index (χ1) is 9.77. The average molecular weight is 275 g/mol. The molecule has 1 atom stereocenters. The zero-order valence-corrected chi connectivity index (χ0v) is 12.4. The molecule has 1 aromatic carbocycles. The minimum absolute atomic E-state index is 0.00240. The van der Waals surface area contributed by atoms with Crippen molar-refractivity contribution < 1.29 is 9.53 Å². The number of nitrogens with one attached hydrogen (secondary N) is 1. The van der Waals surface area contributed by atoms with E-state index >= 15 is 0 Å². The summed E-state index contributed by atoms with van der Waals surface area (Å²) in [7, 11) is 0. The fourth-order valence-electron chi connectivity index (χ4n) is 2.95. The molecule has 0 aromatic heterocycles. The van der Waals surface area contributed by atoms with E-state index in [-0.39, 0.29) is 11.4 Å². The van der Waals surface area contributed by atoms with Crippen LogP contribution in [0, 0.1) is 5.41 Å². The lowest BCUT2D eigenvalue weighted by atomic mass is 9.82. The van der Waals surface area contributed by atoms with Crippen LogP contribution < -0.4 is 5.32 Å². The number of hydrogen-bond acceptors (Lipinski definition) is 3. The second-order valence-corrected chi connectivity index (χ2v) is 5.68. The molecule has 0 spiro atoms. The Bertz CT molecular complexity index is 410. The molecule has 1 saturated heterocycles. The largest absolute Gasteiger partial charge is 0.465 e. The van der Waals surface area contributed by atoms with Gasteiger partial charge in [-0.25, -0.2) is 0 Å². The standard InChI is InChI=1S/C17H25NO2/c1-2-10-17(11-12-18-14-17)16(19)20-13-6-9-15-7-4-3-5-8-15/h3-5,7-8,18H,2,6,9-14H2,1H3. The van der Waals surface area contributed by atoms with Crippen LogP contribution in [-0.4, -0.2) is 25.7 Å². The van der Waals surface area contributed by atoms with Crippen molar-refractivity contribution >= 4 is 5.97 Å². The van der Waals surface area contributed by atoms with E-state index in [1.807, 2.05) is 18.2 Å². The molecule has 1 N–H and O–H groups in total. The lowest BCUT2D eigenvalue weighted by molar-refractivity contribution is -0.155. The number of carbonyl (C=O) groups is 1. The van der Waals surface area contributed by atoms with E-state index in [0.29, 0.717) is 6.61 Å². The molecule has 110 valence electrons. The van der Waals surface area contributed by atoms with Crippen LogP contribution in [0.2, 0.25) is 0 Å². The normalized spacial score (nSPS) is 21.9. The fourth-order valence-corrected chi connectivity index (χ4v) is 2.95. The van der Waals surface area contributed by atoms with Crippen molar-refractivity contribution in [2.75, 3.05) is 19.7 Å². The maximum atomic E-state index is 12.3. The van der Waals surface area contributed by atoms with Gasteiger partial charge in [-0.2, -0.15) is 0 Å². The van der Waals surface area contributed by atoms with Gasteiger partial charge >= 0.3 is 5.97 Å². The summed E-state index contributed by atoms with van der Waals surface area (Å²) in [5, 5.41) is 3.29. The van der Waals surface area contributed by atoms with Crippen molar-refractivity contribution in [1.29, 1.82) is 0 Å². The van der Waals surface area contributed by atoms with Crippen molar-refractivity contribution in [3.8, 4) is 0 Å². The van der Waals surface area contributed by atoms with Crippen molar-refractivity contribution in [2.24, 2.45) is 5.41 Å². The Morgan fingerprint density at radius 1 is 1.35 bits per heavy atom. The van der Waals surface area contributed by atoms with E-state index in [4.69, 9.17) is 4.74 Å². The molecule has 0 bridgehead atoms. The third-order valence-corrected chi connectivity index (χ3v) is 4.09. The monoisotopic (exact) mass is 275 g/mol. The third kappa shape index (κ3) is 3.83. The molecule has 1 fully saturated rings. The maximum Gasteiger partial charge on any atom is 0.313 e. The number of hydrogen-bond donors (Lipinski definition) is 1. The first-order valence-electron chi connectivity index (χ1n) is 7.69. The van der Waals surface area contributed by atoms with Crippen molar-refractivity contribution in [3.63, 3.8) is 0 Å². The molecule has 1 heterocycles. The molecule has 3 heteroatoms. The fraction of sp³-hybridized carbons (Fsp3) is 0.588. The van der Waals surface area contributed by atoms with Crippen LogP contribution in [0.1, 0.15) is 38.2 Å². The molecule has 2 rings (SSSR count). The van der Waals surface area contributed by atoms with E-state index in [9.17, 15) is 4.79 Å². The summed E-state index contributed by atoms with van der Waals surface area (Å²) in [6.07, 6.45) is 4.73. The van der Waals surface area contributed by atoms with Crippen LogP contribution in [0.4, 0.5) is 0 Å². The van der Waals surface area contributed by atoms with Crippen molar-refractivity contribution in [2.45, 2.75) is 39.0 Å². The van der Waals surface area contributed by atoms with E-state index in [1.54, 1.807) is 0 Å². The number of rotatable bonds is 7. The second kappa shape index (κ2) is 7.44. The summed E-state index contributed by atoms with van der Waals surface area (Å²) in [6, 6.07) is 10.3. The summed E-state index contributed by atoms with van der Waals surface area (Å²) in [5.41, 5.74) is 1.04. The summed E-state index contributed by atoms with van der Waals surface area (Å²) < 4.78 is 5.52. The lowest BCUT2D eigenvalue weighted by Crippen LogP contribution is -2.35. The maximum absolute atomic E-state index is 12.3. The van der Waals surface area contributed by atoms with E-state index < -0.39 is 0 Å². The predicted molar refractivity (Wildman–Crippen MR) is 80.5 cm³/mol. The van der Waals surface area contributed by atoms with Gasteiger partial charge in [0, 0.05) is 6.54 Å². The van der Waals surface area contributed by atoms with Crippen LogP contribution in [0.25, 0.3) is 0 Å². The number of ether oxygens (including phenoxy) is 1. The molecule has 1 aliphatic rings. The summed E-state index contributed by atoms with van der Waals surface area (Å²) in [4.78, 5) is 12.3. The van der Waals surface area contributed by atoms with E-state index in [1.165, 1.54) is 5.56 Å². The molecule has 1 unspecified atom stereocenters. The van der Waals surface area contributed by atoms with Crippen molar-refractivity contribution in [1.82, 2.24) is 5.32 Å². The van der Waals surface area contributed by atoms with Crippen LogP contribution in [-0.2, 0) is 16.0 Å². The molecule has 1 aromatic rings. The topological polar surface area (TPSA) is 38.3 Å². The molecular formula is C17H25NO2. The molecular weight excluding hydrogens is 250 g/mol. The Kier molecular flexibility index (Phi) is 5.60. The zero-order chi connectivity index (χ0) is 14.3. The number of aryl methyl sites for hydroxylation is 1. The van der Waals surface area contributed by atoms with Crippen LogP contribution in [0.15, 0.2) is 30.3 Å². The van der Waals surface area contributed by atoms with Gasteiger partial charge in [0.2, 0.25) is 0 Å². The smallest absolute Gasteiger partial charge is 0.313 e. The van der Waals surface area contributed by atoms with Gasteiger partial charge in [0.15, 0.2) is 0 Å². The Balaban J connectivity index is 1.74. The number of esters is 1. The lowest BCUT2D eigenvalue weighted by Gasteiger charge is -2.25. The van der Waals surface area contributed by atoms with Gasteiger partial charge in [-0.3, -0.25) is 4.79 Å². The van der Waals surface area contributed by atoms with Gasteiger partial charge in [-0.1, -0.05) is 43.7 Å². The molecule has 3 nitrogen and oxygen atoms in total. The third-order valence-electron chi connectivity index (χ3n) is 4.09. The van der Waals surface area contributed by atoms with Crippen molar-refractivity contribution in [3.05, 3.63) is 35.9 Å². The van der Waals surface area contributed by atoms with Gasteiger partial charge in [-0.15, -0.1) is 0 Å². The summed E-state index contributed by atoms with van der Waals surface area (Å²) >= 11 is 0. The minimum Gasteiger partial charge on any atom is -0.465 e. The second-order valence-electron chi connectivity index (χ2n) is 5.68. The van der Waals surface area contributed by atoms with Gasteiger partial charge in [0.25, 0.3) is 0 Å². The predicted octanol–water partition coefficient (Wildman–Crippen LogP) is 2.94. The highest BCUT2D eigenvalue weighted by atomic mass is 16.5. The molecule has 0 saturated carbocycles.